The van der Waals surface area contributed by atoms with Crippen LogP contribution in [0.15, 0.2) is 47.4 Å². The van der Waals surface area contributed by atoms with Gasteiger partial charge in [0.15, 0.2) is 0 Å². The Labute approximate surface area is 128 Å². The summed E-state index contributed by atoms with van der Waals surface area (Å²) in [5.74, 6) is 0. The molecule has 2 aromatic rings. The van der Waals surface area contributed by atoms with Crippen LogP contribution in [0.3, 0.4) is 0 Å². The van der Waals surface area contributed by atoms with Gasteiger partial charge >= 0.3 is 0 Å². The van der Waals surface area contributed by atoms with Crippen LogP contribution in [0.1, 0.15) is 11.1 Å². The molecule has 0 aromatic heterocycles. The Kier molecular flexibility index (Phi) is 4.43. The molecule has 0 fully saturated rings. The predicted molar refractivity (Wildman–Crippen MR) is 83.0 cm³/mol. The van der Waals surface area contributed by atoms with Gasteiger partial charge in [-0.3, -0.25) is 10.1 Å². The minimum absolute atomic E-state index is 0.234. The number of primary sulfonamides is 1. The quantitative estimate of drug-likeness (QED) is 0.646. The highest BCUT2D eigenvalue weighted by Gasteiger charge is 2.18. The van der Waals surface area contributed by atoms with E-state index in [0.29, 0.717) is 6.54 Å². The monoisotopic (exact) mass is 321 g/mol. The van der Waals surface area contributed by atoms with Crippen molar-refractivity contribution in [2.45, 2.75) is 18.4 Å². The molecule has 0 saturated carbocycles. The number of rotatable bonds is 5. The molecule has 0 amide bonds. The van der Waals surface area contributed by atoms with Gasteiger partial charge in [0.25, 0.3) is 5.69 Å². The molecule has 116 valence electrons. The lowest BCUT2D eigenvalue weighted by molar-refractivity contribution is -0.384. The second-order valence-corrected chi connectivity index (χ2v) is 6.38. The second-order valence-electron chi connectivity index (χ2n) is 4.82. The lowest BCUT2D eigenvalue weighted by atomic mass is 10.1. The van der Waals surface area contributed by atoms with Gasteiger partial charge in [0.1, 0.15) is 5.69 Å². The first kappa shape index (κ1) is 15.9. The number of aryl methyl sites for hydroxylation is 1. The molecule has 0 heterocycles. The van der Waals surface area contributed by atoms with Gasteiger partial charge in [-0.2, -0.15) is 0 Å². The van der Waals surface area contributed by atoms with Crippen LogP contribution in [-0.2, 0) is 16.6 Å². The Morgan fingerprint density at radius 3 is 2.36 bits per heavy atom. The van der Waals surface area contributed by atoms with Crippen LogP contribution in [0.25, 0.3) is 0 Å². The Morgan fingerprint density at radius 1 is 1.18 bits per heavy atom. The fraction of sp³-hybridized carbons (Fsp3) is 0.143. The van der Waals surface area contributed by atoms with Crippen LogP contribution in [-0.4, -0.2) is 13.3 Å². The van der Waals surface area contributed by atoms with E-state index in [0.717, 1.165) is 17.2 Å². The molecule has 0 saturated heterocycles. The first-order chi connectivity index (χ1) is 10.3. The summed E-state index contributed by atoms with van der Waals surface area (Å²) in [6.07, 6.45) is 0. The molecule has 0 aliphatic rings. The zero-order chi connectivity index (χ0) is 16.3. The molecule has 0 atom stereocenters. The summed E-state index contributed by atoms with van der Waals surface area (Å²) in [5, 5.41) is 19.0. The van der Waals surface area contributed by atoms with Crippen LogP contribution in [0.4, 0.5) is 11.4 Å². The average molecular weight is 321 g/mol. The van der Waals surface area contributed by atoms with Crippen molar-refractivity contribution >= 4 is 21.4 Å². The van der Waals surface area contributed by atoms with Crippen LogP contribution >= 0.6 is 0 Å². The molecule has 0 unspecified atom stereocenters. The van der Waals surface area contributed by atoms with Gasteiger partial charge in [0.2, 0.25) is 10.0 Å². The standard InChI is InChI=1S/C14H15N3O4S/c1-10-2-4-11(5-3-10)9-16-13-7-6-12(22(15,20)21)8-14(13)17(18)19/h2-8,16H,9H2,1H3,(H2,15,20,21). The fourth-order valence-corrected chi connectivity index (χ4v) is 2.43. The lowest BCUT2D eigenvalue weighted by Gasteiger charge is -2.08. The summed E-state index contributed by atoms with van der Waals surface area (Å²) in [6, 6.07) is 11.2. The van der Waals surface area contributed by atoms with Crippen LogP contribution in [0.5, 0.6) is 0 Å². The van der Waals surface area contributed by atoms with Gasteiger partial charge in [-0.1, -0.05) is 29.8 Å². The summed E-state index contributed by atoms with van der Waals surface area (Å²) in [5.41, 5.74) is 1.97. The van der Waals surface area contributed by atoms with E-state index in [4.69, 9.17) is 5.14 Å². The van der Waals surface area contributed by atoms with Crippen molar-refractivity contribution in [1.29, 1.82) is 0 Å². The third-order valence-corrected chi connectivity index (χ3v) is 4.01. The lowest BCUT2D eigenvalue weighted by Crippen LogP contribution is -2.13. The number of nitrogens with zero attached hydrogens (tertiary/aromatic N) is 1. The summed E-state index contributed by atoms with van der Waals surface area (Å²) in [6.45, 7) is 2.35. The predicted octanol–water partition coefficient (Wildman–Crippen LogP) is 2.16. The van der Waals surface area contributed by atoms with Gasteiger partial charge in [0.05, 0.1) is 9.82 Å². The van der Waals surface area contributed by atoms with E-state index >= 15 is 0 Å². The maximum Gasteiger partial charge on any atom is 0.293 e. The summed E-state index contributed by atoms with van der Waals surface area (Å²) < 4.78 is 22.5. The van der Waals surface area contributed by atoms with E-state index in [1.54, 1.807) is 0 Å². The van der Waals surface area contributed by atoms with Crippen LogP contribution in [0, 0.1) is 17.0 Å². The summed E-state index contributed by atoms with van der Waals surface area (Å²) in [7, 11) is -3.98. The molecule has 0 aliphatic carbocycles. The molecule has 2 rings (SSSR count). The zero-order valence-corrected chi connectivity index (χ0v) is 12.6. The fourth-order valence-electron chi connectivity index (χ4n) is 1.89. The van der Waals surface area contributed by atoms with Gasteiger partial charge < -0.3 is 5.32 Å². The highest BCUT2D eigenvalue weighted by molar-refractivity contribution is 7.89. The molecule has 0 radical (unpaired) electrons. The van der Waals surface area contributed by atoms with Crippen LogP contribution < -0.4 is 10.5 Å². The molecule has 22 heavy (non-hydrogen) atoms. The number of nitro benzene ring substituents is 1. The second kappa shape index (κ2) is 6.12. The SMILES string of the molecule is Cc1ccc(CNc2ccc(S(N)(=O)=O)cc2[N+](=O)[O-])cc1. The average Bonchev–Trinajstić information content (AvgIpc) is 2.45. The van der Waals surface area contributed by atoms with Crippen molar-refractivity contribution in [3.8, 4) is 0 Å². The van der Waals surface area contributed by atoms with Crippen molar-refractivity contribution in [3.63, 3.8) is 0 Å². The maximum atomic E-state index is 11.3. The van der Waals surface area contributed by atoms with E-state index in [-0.39, 0.29) is 16.3 Å². The van der Waals surface area contributed by atoms with Gasteiger partial charge in [-0.25, -0.2) is 13.6 Å². The molecule has 8 heteroatoms. The van der Waals surface area contributed by atoms with Gasteiger partial charge in [0, 0.05) is 12.6 Å². The third-order valence-electron chi connectivity index (χ3n) is 3.10. The van der Waals surface area contributed by atoms with Crippen molar-refractivity contribution in [1.82, 2.24) is 0 Å². The number of hydrogen-bond donors (Lipinski definition) is 2. The Morgan fingerprint density at radius 2 is 1.82 bits per heavy atom. The maximum absolute atomic E-state index is 11.3. The number of nitrogens with two attached hydrogens (primary N) is 1. The number of hydrogen-bond acceptors (Lipinski definition) is 5. The number of nitro groups is 1. The number of nitrogens with one attached hydrogen (secondary N) is 1. The number of benzene rings is 2. The minimum atomic E-state index is -3.98. The van der Waals surface area contributed by atoms with E-state index in [1.165, 1.54) is 12.1 Å². The molecule has 7 nitrogen and oxygen atoms in total. The van der Waals surface area contributed by atoms with E-state index in [9.17, 15) is 18.5 Å². The molecule has 2 aromatic carbocycles. The van der Waals surface area contributed by atoms with Crippen LogP contribution in [0.2, 0.25) is 0 Å². The van der Waals surface area contributed by atoms with E-state index < -0.39 is 14.9 Å². The first-order valence-electron chi connectivity index (χ1n) is 6.38. The van der Waals surface area contributed by atoms with Crippen molar-refractivity contribution in [2.24, 2.45) is 5.14 Å². The normalized spacial score (nSPS) is 11.2. The third kappa shape index (κ3) is 3.80. The van der Waals surface area contributed by atoms with E-state index in [1.807, 2.05) is 31.2 Å². The Hall–Kier alpha value is -2.45. The molecular formula is C14H15N3O4S. The number of sulfonamides is 1. The molecule has 0 bridgehead atoms. The first-order valence-corrected chi connectivity index (χ1v) is 7.92. The number of anilines is 1. The summed E-state index contributed by atoms with van der Waals surface area (Å²) in [4.78, 5) is 10.1. The molecule has 0 spiro atoms. The zero-order valence-electron chi connectivity index (χ0n) is 11.8. The van der Waals surface area contributed by atoms with Gasteiger partial charge in [-0.05, 0) is 24.6 Å². The Balaban J connectivity index is 2.27. The van der Waals surface area contributed by atoms with Crippen molar-refractivity contribution in [3.05, 3.63) is 63.7 Å². The molecule has 3 N–H and O–H groups in total. The van der Waals surface area contributed by atoms with Gasteiger partial charge in [-0.15, -0.1) is 0 Å². The smallest absolute Gasteiger partial charge is 0.293 e. The summed E-state index contributed by atoms with van der Waals surface area (Å²) >= 11 is 0. The topological polar surface area (TPSA) is 115 Å². The highest BCUT2D eigenvalue weighted by atomic mass is 32.2. The largest absolute Gasteiger partial charge is 0.375 e. The highest BCUT2D eigenvalue weighted by Crippen LogP contribution is 2.27. The van der Waals surface area contributed by atoms with Crippen molar-refractivity contribution in [2.75, 3.05) is 5.32 Å². The molecular weight excluding hydrogens is 306 g/mol. The molecule has 0 aliphatic heterocycles. The Bertz CT molecular complexity index is 801. The van der Waals surface area contributed by atoms with E-state index in [2.05, 4.69) is 5.32 Å². The minimum Gasteiger partial charge on any atom is -0.375 e. The van der Waals surface area contributed by atoms with Crippen molar-refractivity contribution < 1.29 is 13.3 Å².